The van der Waals surface area contributed by atoms with Gasteiger partial charge in [-0.05, 0) is 64.7 Å². The van der Waals surface area contributed by atoms with Crippen LogP contribution in [0.15, 0.2) is 66.9 Å². The number of carbonyl (C=O) groups is 2. The van der Waals surface area contributed by atoms with E-state index in [9.17, 15) is 9.59 Å². The van der Waals surface area contributed by atoms with Crippen LogP contribution in [0.4, 0.5) is 0 Å². The fraction of sp³-hybridized carbons (Fsp3) is 0.323. The minimum Gasteiger partial charge on any atom is -0.467 e. The summed E-state index contributed by atoms with van der Waals surface area (Å²) in [5.41, 5.74) is 1.55. The van der Waals surface area contributed by atoms with E-state index in [-0.39, 0.29) is 11.1 Å². The highest BCUT2D eigenvalue weighted by molar-refractivity contribution is 7.12. The molecule has 0 saturated carbocycles. The summed E-state index contributed by atoms with van der Waals surface area (Å²) in [6, 6.07) is 18.7. The van der Waals surface area contributed by atoms with Gasteiger partial charge in [0.25, 0.3) is 5.91 Å². The average molecular weight is 531 g/mol. The number of esters is 1. The van der Waals surface area contributed by atoms with Crippen molar-refractivity contribution in [3.63, 3.8) is 0 Å². The number of thiophene rings is 1. The first-order valence-corrected chi connectivity index (χ1v) is 13.5. The number of carbonyl (C=O) groups excluding carboxylic acids is 2. The Morgan fingerprint density at radius 2 is 1.66 bits per heavy atom. The maximum absolute atomic E-state index is 13.0. The van der Waals surface area contributed by atoms with Gasteiger partial charge in [0.15, 0.2) is 0 Å². The Labute approximate surface area is 228 Å². The molecule has 1 N–H and O–H groups in total. The average Bonchev–Trinajstić information content (AvgIpc) is 3.36. The molecule has 1 amide bonds. The summed E-state index contributed by atoms with van der Waals surface area (Å²) in [7, 11) is 1.32. The zero-order valence-electron chi connectivity index (χ0n) is 22.7. The van der Waals surface area contributed by atoms with Crippen molar-refractivity contribution in [3.8, 4) is 11.5 Å². The molecule has 1 unspecified atom stereocenters. The second-order valence-corrected chi connectivity index (χ2v) is 11.9. The predicted molar refractivity (Wildman–Crippen MR) is 152 cm³/mol. The molecule has 0 aliphatic rings. The van der Waals surface area contributed by atoms with Crippen LogP contribution in [-0.2, 0) is 21.4 Å². The van der Waals surface area contributed by atoms with E-state index in [1.54, 1.807) is 23.6 Å². The lowest BCUT2D eigenvalue weighted by atomic mass is 9.87. The molecular formula is C31H34N2O4S. The molecule has 198 valence electrons. The third kappa shape index (κ3) is 6.58. The lowest BCUT2D eigenvalue weighted by molar-refractivity contribution is -0.142. The Bertz CT molecular complexity index is 1430. The fourth-order valence-corrected chi connectivity index (χ4v) is 5.11. The maximum atomic E-state index is 13.0. The number of fused-ring (bicyclic) bond motifs is 1. The number of nitrogens with zero attached hydrogens (tertiary/aromatic N) is 1. The summed E-state index contributed by atoms with van der Waals surface area (Å²) in [4.78, 5) is 32.0. The van der Waals surface area contributed by atoms with Crippen molar-refractivity contribution in [2.45, 2.75) is 58.4 Å². The van der Waals surface area contributed by atoms with Gasteiger partial charge in [0.05, 0.1) is 7.11 Å². The number of hydrogen-bond acceptors (Lipinski definition) is 6. The molecule has 4 aromatic rings. The number of methoxy groups -OCH3 is 1. The van der Waals surface area contributed by atoms with E-state index >= 15 is 0 Å². The largest absolute Gasteiger partial charge is 0.467 e. The van der Waals surface area contributed by atoms with Crippen LogP contribution in [0.5, 0.6) is 11.5 Å². The maximum Gasteiger partial charge on any atom is 0.328 e. The van der Waals surface area contributed by atoms with Crippen molar-refractivity contribution >= 4 is 34.0 Å². The number of hydrogen-bond donors (Lipinski definition) is 1. The molecule has 0 spiro atoms. The number of pyridine rings is 1. The normalized spacial score (nSPS) is 12.4. The Hall–Kier alpha value is -3.71. The van der Waals surface area contributed by atoms with Gasteiger partial charge < -0.3 is 14.8 Å². The van der Waals surface area contributed by atoms with E-state index in [0.29, 0.717) is 18.1 Å². The van der Waals surface area contributed by atoms with Crippen LogP contribution in [-0.4, -0.2) is 30.0 Å². The Morgan fingerprint density at radius 1 is 0.947 bits per heavy atom. The van der Waals surface area contributed by atoms with Gasteiger partial charge in [0.2, 0.25) is 0 Å². The highest BCUT2D eigenvalue weighted by Gasteiger charge is 2.24. The first-order chi connectivity index (χ1) is 18.0. The molecule has 0 aliphatic carbocycles. The third-order valence-electron chi connectivity index (χ3n) is 6.33. The molecule has 6 nitrogen and oxygen atoms in total. The predicted octanol–water partition coefficient (Wildman–Crippen LogP) is 7.02. The van der Waals surface area contributed by atoms with Gasteiger partial charge >= 0.3 is 5.97 Å². The van der Waals surface area contributed by atoms with E-state index in [2.05, 4.69) is 63.1 Å². The molecule has 2 heterocycles. The van der Waals surface area contributed by atoms with Crippen molar-refractivity contribution in [2.75, 3.05) is 7.11 Å². The lowest BCUT2D eigenvalue weighted by Gasteiger charge is -2.19. The molecule has 0 bridgehead atoms. The Morgan fingerprint density at radius 3 is 2.29 bits per heavy atom. The summed E-state index contributed by atoms with van der Waals surface area (Å²) in [6.45, 7) is 10.8. The third-order valence-corrected chi connectivity index (χ3v) is 7.74. The van der Waals surface area contributed by atoms with E-state index < -0.39 is 17.9 Å². The molecule has 0 aliphatic heterocycles. The summed E-state index contributed by atoms with van der Waals surface area (Å²) >= 11 is 1.64. The molecule has 38 heavy (non-hydrogen) atoms. The van der Waals surface area contributed by atoms with Gasteiger partial charge in [-0.2, -0.15) is 0 Å². The minimum absolute atomic E-state index is 0.0786. The topological polar surface area (TPSA) is 77.5 Å². The smallest absolute Gasteiger partial charge is 0.328 e. The molecule has 7 heteroatoms. The summed E-state index contributed by atoms with van der Waals surface area (Å²) in [5.74, 6) is 0.920. The van der Waals surface area contributed by atoms with Crippen molar-refractivity contribution in [3.05, 3.63) is 87.9 Å². The van der Waals surface area contributed by atoms with Gasteiger partial charge in [-0.1, -0.05) is 52.8 Å². The van der Waals surface area contributed by atoms with E-state index in [0.717, 1.165) is 21.4 Å². The second kappa shape index (κ2) is 11.4. The number of ether oxygens (including phenoxy) is 2. The van der Waals surface area contributed by atoms with Crippen LogP contribution in [0.25, 0.3) is 10.8 Å². The van der Waals surface area contributed by atoms with E-state index in [1.165, 1.54) is 17.6 Å². The molecule has 2 aromatic heterocycles. The SMILES string of the molecule is COC(=O)C(Cc1ccc(C(C)C)s1)NC(=O)c1cc2ccc(Oc3ccc(C(C)(C)C)cc3)cc2cn1. The van der Waals surface area contributed by atoms with Crippen molar-refractivity contribution in [1.29, 1.82) is 0 Å². The van der Waals surface area contributed by atoms with Gasteiger partial charge in [0.1, 0.15) is 23.2 Å². The van der Waals surface area contributed by atoms with Crippen LogP contribution in [0.2, 0.25) is 0 Å². The highest BCUT2D eigenvalue weighted by atomic mass is 32.1. The summed E-state index contributed by atoms with van der Waals surface area (Å²) in [5, 5.41) is 4.49. The first kappa shape index (κ1) is 27.3. The monoisotopic (exact) mass is 530 g/mol. The number of nitrogens with one attached hydrogen (secondary N) is 1. The number of benzene rings is 2. The van der Waals surface area contributed by atoms with Crippen LogP contribution in [0.3, 0.4) is 0 Å². The second-order valence-electron chi connectivity index (χ2n) is 10.7. The quantitative estimate of drug-likeness (QED) is 0.248. The molecule has 1 atom stereocenters. The molecule has 0 radical (unpaired) electrons. The van der Waals surface area contributed by atoms with Gasteiger partial charge in [-0.15, -0.1) is 11.3 Å². The molecule has 2 aromatic carbocycles. The highest BCUT2D eigenvalue weighted by Crippen LogP contribution is 2.29. The van der Waals surface area contributed by atoms with Crippen LogP contribution in [0, 0.1) is 0 Å². The molecule has 0 fully saturated rings. The van der Waals surface area contributed by atoms with Crippen molar-refractivity contribution in [2.24, 2.45) is 0 Å². The Kier molecular flexibility index (Phi) is 8.17. The minimum atomic E-state index is -0.802. The van der Waals surface area contributed by atoms with E-state index in [1.807, 2.05) is 36.4 Å². The van der Waals surface area contributed by atoms with Crippen molar-refractivity contribution < 1.29 is 19.1 Å². The zero-order chi connectivity index (χ0) is 27.4. The summed E-state index contributed by atoms with van der Waals surface area (Å²) < 4.78 is 11.0. The number of rotatable bonds is 8. The lowest BCUT2D eigenvalue weighted by Crippen LogP contribution is -2.43. The Balaban J connectivity index is 1.47. The standard InChI is InChI=1S/C31H34N2O4S/c1-19(2)28-14-13-25(38-28)17-27(30(35)36-6)33-29(34)26-16-20-7-10-24(15-21(20)18-32-26)37-23-11-8-22(9-12-23)31(3,4)5/h7-16,18-19,27H,17H2,1-6H3,(H,33,34). The fourth-order valence-electron chi connectivity index (χ4n) is 4.05. The van der Waals surface area contributed by atoms with Crippen LogP contribution < -0.4 is 10.1 Å². The number of aromatic nitrogens is 1. The summed E-state index contributed by atoms with van der Waals surface area (Å²) in [6.07, 6.45) is 2.00. The van der Waals surface area contributed by atoms with E-state index in [4.69, 9.17) is 9.47 Å². The molecule has 4 rings (SSSR count). The molecular weight excluding hydrogens is 496 g/mol. The number of amides is 1. The molecule has 0 saturated heterocycles. The van der Waals surface area contributed by atoms with Gasteiger partial charge in [0, 0.05) is 27.8 Å². The van der Waals surface area contributed by atoms with Gasteiger partial charge in [-0.25, -0.2) is 4.79 Å². The van der Waals surface area contributed by atoms with Crippen LogP contribution in [0.1, 0.15) is 66.3 Å². The van der Waals surface area contributed by atoms with Crippen LogP contribution >= 0.6 is 11.3 Å². The van der Waals surface area contributed by atoms with Gasteiger partial charge in [-0.3, -0.25) is 9.78 Å². The zero-order valence-corrected chi connectivity index (χ0v) is 23.5. The first-order valence-electron chi connectivity index (χ1n) is 12.7. The van der Waals surface area contributed by atoms with Crippen molar-refractivity contribution in [1.82, 2.24) is 10.3 Å².